The number of anilines is 1. The maximum absolute atomic E-state index is 12.7. The van der Waals surface area contributed by atoms with Crippen molar-refractivity contribution in [1.82, 2.24) is 4.98 Å². The molecule has 2 aromatic heterocycles. The third-order valence-electron chi connectivity index (χ3n) is 2.45. The topological polar surface area (TPSA) is 81.4 Å². The van der Waals surface area contributed by atoms with Crippen LogP contribution in [0.25, 0.3) is 11.5 Å². The summed E-state index contributed by atoms with van der Waals surface area (Å²) in [4.78, 5) is 26.4. The highest BCUT2D eigenvalue weighted by molar-refractivity contribution is 7.18. The number of alkyl halides is 3. The van der Waals surface area contributed by atoms with Gasteiger partial charge in [0.15, 0.2) is 10.9 Å². The number of rotatable bonds is 3. The number of carbonyl (C=O) groups excluding carboxylic acids is 2. The maximum Gasteiger partial charge on any atom is 0.455 e. The summed E-state index contributed by atoms with van der Waals surface area (Å²) < 4.78 is 48.2. The first kappa shape index (κ1) is 18.0. The molecule has 0 saturated carbocycles. The smallest absolute Gasteiger partial charge is 0.455 e. The van der Waals surface area contributed by atoms with Gasteiger partial charge in [0.25, 0.3) is 5.78 Å². The molecule has 10 heteroatoms. The monoisotopic (exact) mass is 362 g/mol. The first-order valence-corrected chi connectivity index (χ1v) is 7.45. The number of aromatic nitrogens is 1. The SMILES string of the molecule is CC(C)(C)OC(=O)Nc1nc(-c2ccco2)c(C(=O)C(F)(F)F)s1. The number of furan rings is 1. The van der Waals surface area contributed by atoms with E-state index in [1.807, 2.05) is 0 Å². The van der Waals surface area contributed by atoms with Crippen LogP contribution in [0, 0.1) is 0 Å². The lowest BCUT2D eigenvalue weighted by molar-refractivity contribution is -0.0882. The fraction of sp³-hybridized carbons (Fsp3) is 0.357. The molecule has 2 heterocycles. The molecule has 0 fully saturated rings. The highest BCUT2D eigenvalue weighted by Crippen LogP contribution is 2.36. The van der Waals surface area contributed by atoms with Crippen LogP contribution in [0.5, 0.6) is 0 Å². The van der Waals surface area contributed by atoms with Crippen molar-refractivity contribution in [3.8, 4) is 11.5 Å². The van der Waals surface area contributed by atoms with E-state index >= 15 is 0 Å². The van der Waals surface area contributed by atoms with Crippen molar-refractivity contribution >= 4 is 28.3 Å². The molecule has 1 amide bonds. The zero-order valence-corrected chi connectivity index (χ0v) is 13.7. The van der Waals surface area contributed by atoms with Crippen molar-refractivity contribution in [3.63, 3.8) is 0 Å². The van der Waals surface area contributed by atoms with Crippen LogP contribution >= 0.6 is 11.3 Å². The molecule has 6 nitrogen and oxygen atoms in total. The molecule has 0 bridgehead atoms. The summed E-state index contributed by atoms with van der Waals surface area (Å²) in [5, 5.41) is 2.01. The second-order valence-electron chi connectivity index (χ2n) is 5.63. The Morgan fingerprint density at radius 3 is 2.46 bits per heavy atom. The summed E-state index contributed by atoms with van der Waals surface area (Å²) in [6.07, 6.45) is -4.73. The molecular weight excluding hydrogens is 349 g/mol. The van der Waals surface area contributed by atoms with Gasteiger partial charge in [-0.05, 0) is 32.9 Å². The summed E-state index contributed by atoms with van der Waals surface area (Å²) >= 11 is 0.394. The molecule has 0 unspecified atom stereocenters. The molecule has 2 rings (SSSR count). The minimum atomic E-state index is -5.07. The molecule has 2 aromatic rings. The third-order valence-corrected chi connectivity index (χ3v) is 3.42. The van der Waals surface area contributed by atoms with Crippen LogP contribution in [-0.2, 0) is 4.74 Å². The Balaban J connectivity index is 2.35. The second kappa shape index (κ2) is 6.27. The minimum absolute atomic E-state index is 0.0175. The van der Waals surface area contributed by atoms with Crippen LogP contribution in [0.3, 0.4) is 0 Å². The fourth-order valence-corrected chi connectivity index (χ4v) is 2.54. The van der Waals surface area contributed by atoms with Crippen molar-refractivity contribution in [1.29, 1.82) is 0 Å². The van der Waals surface area contributed by atoms with E-state index in [0.29, 0.717) is 11.3 Å². The molecule has 0 aromatic carbocycles. The van der Waals surface area contributed by atoms with E-state index in [1.165, 1.54) is 18.4 Å². The normalized spacial score (nSPS) is 12.1. The molecule has 130 valence electrons. The predicted molar refractivity (Wildman–Crippen MR) is 80.1 cm³/mol. The predicted octanol–water partition coefficient (Wildman–Crippen LogP) is 4.50. The number of ether oxygens (including phenoxy) is 1. The van der Waals surface area contributed by atoms with Crippen LogP contribution in [0.1, 0.15) is 30.4 Å². The van der Waals surface area contributed by atoms with E-state index in [1.54, 1.807) is 20.8 Å². The van der Waals surface area contributed by atoms with E-state index in [-0.39, 0.29) is 16.6 Å². The Kier molecular flexibility index (Phi) is 4.70. The summed E-state index contributed by atoms with van der Waals surface area (Å²) in [5.41, 5.74) is -1.09. The second-order valence-corrected chi connectivity index (χ2v) is 6.63. The van der Waals surface area contributed by atoms with Crippen molar-refractivity contribution in [2.45, 2.75) is 32.5 Å². The van der Waals surface area contributed by atoms with Gasteiger partial charge in [-0.25, -0.2) is 9.78 Å². The molecule has 0 aliphatic heterocycles. The van der Waals surface area contributed by atoms with Gasteiger partial charge in [-0.15, -0.1) is 0 Å². The Bertz CT molecular complexity index is 745. The van der Waals surface area contributed by atoms with Crippen LogP contribution in [0.2, 0.25) is 0 Å². The lowest BCUT2D eigenvalue weighted by atomic mass is 10.2. The molecule has 24 heavy (non-hydrogen) atoms. The third kappa shape index (κ3) is 4.34. The van der Waals surface area contributed by atoms with Crippen molar-refractivity contribution in [2.75, 3.05) is 5.32 Å². The highest BCUT2D eigenvalue weighted by atomic mass is 32.1. The highest BCUT2D eigenvalue weighted by Gasteiger charge is 2.42. The van der Waals surface area contributed by atoms with Gasteiger partial charge in [-0.3, -0.25) is 10.1 Å². The molecular formula is C14H13F3N2O4S. The largest absolute Gasteiger partial charge is 0.463 e. The van der Waals surface area contributed by atoms with E-state index in [2.05, 4.69) is 10.3 Å². The van der Waals surface area contributed by atoms with Gasteiger partial charge in [0, 0.05) is 0 Å². The van der Waals surface area contributed by atoms with Gasteiger partial charge in [-0.2, -0.15) is 13.2 Å². The maximum atomic E-state index is 12.7. The molecule has 0 saturated heterocycles. The van der Waals surface area contributed by atoms with E-state index in [0.717, 1.165) is 0 Å². The Hall–Kier alpha value is -2.36. The molecule has 0 aliphatic rings. The number of halogens is 3. The quantitative estimate of drug-likeness (QED) is 0.813. The number of nitrogens with one attached hydrogen (secondary N) is 1. The molecule has 0 spiro atoms. The van der Waals surface area contributed by atoms with Crippen molar-refractivity contribution in [3.05, 3.63) is 23.3 Å². The summed E-state index contributed by atoms with van der Waals surface area (Å²) in [6, 6.07) is 2.80. The van der Waals surface area contributed by atoms with E-state index in [4.69, 9.17) is 9.15 Å². The van der Waals surface area contributed by atoms with Crippen LogP contribution in [-0.4, -0.2) is 28.6 Å². The fourth-order valence-electron chi connectivity index (χ4n) is 1.63. The van der Waals surface area contributed by atoms with E-state index in [9.17, 15) is 22.8 Å². The van der Waals surface area contributed by atoms with Crippen LogP contribution in [0.4, 0.5) is 23.1 Å². The average Bonchev–Trinajstić information content (AvgIpc) is 3.02. The Morgan fingerprint density at radius 1 is 1.29 bits per heavy atom. The number of amides is 1. The van der Waals surface area contributed by atoms with Gasteiger partial charge < -0.3 is 9.15 Å². The number of hydrogen-bond acceptors (Lipinski definition) is 6. The number of nitrogens with zero attached hydrogens (tertiary/aromatic N) is 1. The van der Waals surface area contributed by atoms with E-state index < -0.39 is 28.5 Å². The summed E-state index contributed by atoms with van der Waals surface area (Å²) in [6.45, 7) is 4.88. The lowest BCUT2D eigenvalue weighted by Crippen LogP contribution is -2.27. The van der Waals surface area contributed by atoms with Gasteiger partial charge >= 0.3 is 12.3 Å². The number of hydrogen-bond donors (Lipinski definition) is 1. The number of carbonyl (C=O) groups is 2. The van der Waals surface area contributed by atoms with Gasteiger partial charge in [0.05, 0.1) is 6.26 Å². The zero-order chi connectivity index (χ0) is 18.1. The summed E-state index contributed by atoms with van der Waals surface area (Å²) in [5.74, 6) is -2.08. The number of thiazole rings is 1. The zero-order valence-electron chi connectivity index (χ0n) is 12.9. The lowest BCUT2D eigenvalue weighted by Gasteiger charge is -2.18. The van der Waals surface area contributed by atoms with Gasteiger partial charge in [0.2, 0.25) is 0 Å². The first-order valence-electron chi connectivity index (χ1n) is 6.63. The molecule has 0 radical (unpaired) electrons. The Labute approximate surface area is 138 Å². The Morgan fingerprint density at radius 2 is 1.96 bits per heavy atom. The number of Topliss-reactive ketones (excluding diaryl/α,β-unsaturated/α-hetero) is 1. The molecule has 0 atom stereocenters. The summed E-state index contributed by atoms with van der Waals surface area (Å²) in [7, 11) is 0. The average molecular weight is 362 g/mol. The molecule has 0 aliphatic carbocycles. The van der Waals surface area contributed by atoms with Gasteiger partial charge in [-0.1, -0.05) is 11.3 Å². The van der Waals surface area contributed by atoms with Crippen molar-refractivity contribution < 1.29 is 31.9 Å². The van der Waals surface area contributed by atoms with Gasteiger partial charge in [0.1, 0.15) is 16.2 Å². The van der Waals surface area contributed by atoms with Crippen LogP contribution < -0.4 is 5.32 Å². The van der Waals surface area contributed by atoms with Crippen LogP contribution in [0.15, 0.2) is 22.8 Å². The number of ketones is 1. The standard InChI is InChI=1S/C14H13F3N2O4S/c1-13(2,3)23-12(21)19-11-18-8(7-5-4-6-22-7)9(24-11)10(20)14(15,16)17/h4-6H,1-3H3,(H,18,19,21). The molecule has 1 N–H and O–H groups in total. The van der Waals surface area contributed by atoms with Crippen molar-refractivity contribution in [2.24, 2.45) is 0 Å². The minimum Gasteiger partial charge on any atom is -0.463 e. The first-order chi connectivity index (χ1) is 11.0.